The van der Waals surface area contributed by atoms with Gasteiger partial charge in [0.1, 0.15) is 5.75 Å². The van der Waals surface area contributed by atoms with Crippen LogP contribution in [0.3, 0.4) is 0 Å². The summed E-state index contributed by atoms with van der Waals surface area (Å²) in [6.45, 7) is 1.52. The number of likely N-dealkylation sites (tertiary alicyclic amines) is 1. The highest BCUT2D eigenvalue weighted by Gasteiger charge is 2.24. The quantitative estimate of drug-likeness (QED) is 0.823. The van der Waals surface area contributed by atoms with Crippen molar-refractivity contribution >= 4 is 34.8 Å². The van der Waals surface area contributed by atoms with E-state index in [4.69, 9.17) is 17.0 Å². The zero-order valence-electron chi connectivity index (χ0n) is 14.1. The van der Waals surface area contributed by atoms with E-state index >= 15 is 0 Å². The van der Waals surface area contributed by atoms with Gasteiger partial charge < -0.3 is 15.0 Å². The highest BCUT2D eigenvalue weighted by Crippen LogP contribution is 2.16. The largest absolute Gasteiger partial charge is 0.497 e. The minimum absolute atomic E-state index is 0.0985. The molecule has 9 heteroatoms. The fourth-order valence-corrected chi connectivity index (χ4v) is 3.53. The molecule has 0 saturated carbocycles. The van der Waals surface area contributed by atoms with Gasteiger partial charge in [-0.05, 0) is 60.9 Å². The minimum atomic E-state index is -0.0985. The van der Waals surface area contributed by atoms with E-state index in [1.54, 1.807) is 18.2 Å². The van der Waals surface area contributed by atoms with Crippen molar-refractivity contribution in [2.24, 2.45) is 4.99 Å². The minimum Gasteiger partial charge on any atom is -0.497 e. The van der Waals surface area contributed by atoms with Crippen molar-refractivity contribution in [3.8, 4) is 11.4 Å². The summed E-state index contributed by atoms with van der Waals surface area (Å²) in [5.74, 6) is 0.661. The first-order chi connectivity index (χ1) is 12.1. The van der Waals surface area contributed by atoms with Crippen LogP contribution in [0.5, 0.6) is 5.75 Å². The average Bonchev–Trinajstić information content (AvgIpc) is 3.31. The molecule has 0 bridgehead atoms. The summed E-state index contributed by atoms with van der Waals surface area (Å²) in [4.78, 5) is 18.9. The number of hydrogen-bond acceptors (Lipinski definition) is 5. The zero-order chi connectivity index (χ0) is 17.8. The Bertz CT molecular complexity index is 835. The molecule has 2 heterocycles. The topological polar surface area (TPSA) is 71.7 Å². The molecule has 3 rings (SSSR count). The summed E-state index contributed by atoms with van der Waals surface area (Å²) in [6.07, 6.45) is 2.05. The van der Waals surface area contributed by atoms with E-state index < -0.39 is 0 Å². The second-order valence-electron chi connectivity index (χ2n) is 5.48. The molecule has 1 aromatic carbocycles. The molecule has 1 N–H and O–H groups in total. The molecule has 1 amide bonds. The first-order valence-corrected chi connectivity index (χ1v) is 9.11. The molecule has 1 fully saturated rings. The summed E-state index contributed by atoms with van der Waals surface area (Å²) in [5.41, 5.74) is 1.17. The first-order valence-electron chi connectivity index (χ1n) is 7.93. The van der Waals surface area contributed by atoms with Gasteiger partial charge in [0.25, 0.3) is 5.91 Å². The van der Waals surface area contributed by atoms with E-state index in [0.29, 0.717) is 15.5 Å². The van der Waals surface area contributed by atoms with Crippen molar-refractivity contribution in [1.82, 2.24) is 19.4 Å². The molecule has 1 aliphatic heterocycles. The van der Waals surface area contributed by atoms with Gasteiger partial charge in [-0.25, -0.2) is 4.99 Å². The van der Waals surface area contributed by atoms with Crippen molar-refractivity contribution in [3.05, 3.63) is 34.6 Å². The highest BCUT2D eigenvalue weighted by atomic mass is 32.1. The number of carbonyl (C=O) groups excluding carboxylic acids is 1. The smallest absolute Gasteiger partial charge is 0.277 e. The van der Waals surface area contributed by atoms with Crippen molar-refractivity contribution in [3.63, 3.8) is 0 Å². The molecule has 0 unspecified atom stereocenters. The molecule has 0 aliphatic carbocycles. The SMILES string of the molecule is CNC(=S)/N=c1\sn(-c2ccc(OC)cc2)nc1C(=O)N1CCCC1. The maximum atomic E-state index is 12.8. The Labute approximate surface area is 155 Å². The number of hydrogen-bond donors (Lipinski definition) is 1. The Kier molecular flexibility index (Phi) is 5.44. The number of nitrogens with zero attached hydrogens (tertiary/aromatic N) is 4. The van der Waals surface area contributed by atoms with Crippen molar-refractivity contribution in [2.45, 2.75) is 12.8 Å². The molecule has 0 atom stereocenters. The van der Waals surface area contributed by atoms with Crippen LogP contribution in [0.25, 0.3) is 5.69 Å². The predicted molar refractivity (Wildman–Crippen MR) is 100 cm³/mol. The third kappa shape index (κ3) is 3.88. The number of thiocarbonyl (C=S) groups is 1. The predicted octanol–water partition coefficient (Wildman–Crippen LogP) is 1.58. The average molecular weight is 377 g/mol. The molecule has 7 nitrogen and oxygen atoms in total. The van der Waals surface area contributed by atoms with Crippen LogP contribution >= 0.6 is 23.8 Å². The van der Waals surface area contributed by atoms with E-state index in [9.17, 15) is 4.79 Å². The maximum Gasteiger partial charge on any atom is 0.277 e. The van der Waals surface area contributed by atoms with Crippen LogP contribution in [-0.4, -0.2) is 52.3 Å². The molecule has 1 aliphatic rings. The van der Waals surface area contributed by atoms with Crippen LogP contribution in [0.4, 0.5) is 0 Å². The molecule has 132 valence electrons. The fourth-order valence-electron chi connectivity index (χ4n) is 2.53. The lowest BCUT2D eigenvalue weighted by atomic mass is 10.3. The number of amides is 1. The Morgan fingerprint density at radius 3 is 2.60 bits per heavy atom. The van der Waals surface area contributed by atoms with Gasteiger partial charge >= 0.3 is 0 Å². The maximum absolute atomic E-state index is 12.8. The summed E-state index contributed by atoms with van der Waals surface area (Å²) >= 11 is 6.41. The normalized spacial score (nSPS) is 14.6. The van der Waals surface area contributed by atoms with Gasteiger partial charge in [0.15, 0.2) is 15.5 Å². The number of ether oxygens (including phenoxy) is 1. The lowest BCUT2D eigenvalue weighted by molar-refractivity contribution is 0.0785. The molecular weight excluding hydrogens is 358 g/mol. The monoisotopic (exact) mass is 377 g/mol. The summed E-state index contributed by atoms with van der Waals surface area (Å²) in [6, 6.07) is 7.46. The summed E-state index contributed by atoms with van der Waals surface area (Å²) in [5, 5.41) is 7.62. The number of nitrogens with one attached hydrogen (secondary N) is 1. The molecular formula is C16H19N5O2S2. The number of carbonyl (C=O) groups is 1. The Balaban J connectivity index is 2.02. The van der Waals surface area contributed by atoms with Crippen molar-refractivity contribution in [2.75, 3.05) is 27.2 Å². The number of methoxy groups -OCH3 is 1. The summed E-state index contributed by atoms with van der Waals surface area (Å²) < 4.78 is 7.36. The Morgan fingerprint density at radius 2 is 2.00 bits per heavy atom. The van der Waals surface area contributed by atoms with E-state index in [1.165, 1.54) is 11.5 Å². The van der Waals surface area contributed by atoms with E-state index in [2.05, 4.69) is 15.4 Å². The van der Waals surface area contributed by atoms with Crippen LogP contribution in [0.2, 0.25) is 0 Å². The lowest BCUT2D eigenvalue weighted by Gasteiger charge is -2.12. The molecule has 1 saturated heterocycles. The van der Waals surface area contributed by atoms with E-state index in [1.807, 2.05) is 29.2 Å². The van der Waals surface area contributed by atoms with Crippen LogP contribution < -0.4 is 14.7 Å². The molecule has 0 radical (unpaired) electrons. The second-order valence-corrected chi connectivity index (χ2v) is 6.78. The molecule has 2 aromatic rings. The van der Waals surface area contributed by atoms with Gasteiger partial charge in [-0.15, -0.1) is 5.10 Å². The second kappa shape index (κ2) is 7.75. The Morgan fingerprint density at radius 1 is 1.32 bits per heavy atom. The molecule has 0 spiro atoms. The van der Waals surface area contributed by atoms with E-state index in [-0.39, 0.29) is 5.91 Å². The van der Waals surface area contributed by atoms with E-state index in [0.717, 1.165) is 37.4 Å². The van der Waals surface area contributed by atoms with Gasteiger partial charge in [-0.2, -0.15) is 4.07 Å². The standard InChI is InChI=1S/C16H19N5O2S2/c1-17-16(24)18-14-13(15(22)20-9-3-4-10-20)19-21(25-14)11-5-7-12(23-2)8-6-11/h5-8H,3-4,9-10H2,1-2H3,(H,17,24)/b18-14-. The third-order valence-corrected chi connectivity index (χ3v) is 5.09. The number of rotatable bonds is 3. The van der Waals surface area contributed by atoms with Crippen LogP contribution in [0.15, 0.2) is 29.3 Å². The van der Waals surface area contributed by atoms with Gasteiger partial charge in [-0.3, -0.25) is 4.79 Å². The fraction of sp³-hybridized carbons (Fsp3) is 0.375. The van der Waals surface area contributed by atoms with Crippen molar-refractivity contribution in [1.29, 1.82) is 0 Å². The van der Waals surface area contributed by atoms with Crippen LogP contribution in [0.1, 0.15) is 23.3 Å². The highest BCUT2D eigenvalue weighted by molar-refractivity contribution is 7.80. The van der Waals surface area contributed by atoms with Gasteiger partial charge in [0.05, 0.1) is 12.8 Å². The first kappa shape index (κ1) is 17.6. The summed E-state index contributed by atoms with van der Waals surface area (Å²) in [7, 11) is 3.32. The molecule has 25 heavy (non-hydrogen) atoms. The third-order valence-electron chi connectivity index (χ3n) is 3.87. The van der Waals surface area contributed by atoms with Crippen LogP contribution in [0, 0.1) is 0 Å². The number of aromatic nitrogens is 2. The lowest BCUT2D eigenvalue weighted by Crippen LogP contribution is -2.32. The molecule has 1 aromatic heterocycles. The van der Waals surface area contributed by atoms with Crippen LogP contribution in [-0.2, 0) is 0 Å². The van der Waals surface area contributed by atoms with Crippen molar-refractivity contribution < 1.29 is 9.53 Å². The van der Waals surface area contributed by atoms with Gasteiger partial charge in [0, 0.05) is 20.1 Å². The zero-order valence-corrected chi connectivity index (χ0v) is 15.7. The van der Waals surface area contributed by atoms with Gasteiger partial charge in [0.2, 0.25) is 0 Å². The van der Waals surface area contributed by atoms with Gasteiger partial charge in [-0.1, -0.05) is 0 Å². The Hall–Kier alpha value is -2.26. The number of benzene rings is 1.